The summed E-state index contributed by atoms with van der Waals surface area (Å²) in [6.07, 6.45) is 2.59. The van der Waals surface area contributed by atoms with E-state index in [1.165, 1.54) is 0 Å². The van der Waals surface area contributed by atoms with E-state index in [1.807, 2.05) is 23.1 Å². The third kappa shape index (κ3) is 2.96. The molecule has 0 fully saturated rings. The largest absolute Gasteiger partial charge is 0.398 e. The smallest absolute Gasteiger partial charge is 0.227 e. The second-order valence-electron chi connectivity index (χ2n) is 5.09. The number of nitrogens with zero attached hydrogens (tertiary/aromatic N) is 1. The van der Waals surface area contributed by atoms with Crippen LogP contribution in [-0.2, 0) is 11.2 Å². The standard InChI is InChI=1S/C14H20N2O.ClH/c1-10(2)9-14(17)16-8-4-5-11-12(15)6-3-7-13(11)16;/h3,6-7,10H,4-5,8-9,15H2,1-2H3;1H. The van der Waals surface area contributed by atoms with Gasteiger partial charge in [0.25, 0.3) is 0 Å². The van der Waals surface area contributed by atoms with Crippen LogP contribution in [0.5, 0.6) is 0 Å². The van der Waals surface area contributed by atoms with Gasteiger partial charge in [-0.05, 0) is 36.5 Å². The van der Waals surface area contributed by atoms with E-state index < -0.39 is 0 Å². The molecule has 1 aliphatic rings. The van der Waals surface area contributed by atoms with Crippen LogP contribution < -0.4 is 10.6 Å². The van der Waals surface area contributed by atoms with Gasteiger partial charge in [-0.25, -0.2) is 0 Å². The van der Waals surface area contributed by atoms with Crippen molar-refractivity contribution in [1.29, 1.82) is 0 Å². The molecular weight excluding hydrogens is 248 g/mol. The Morgan fingerprint density at radius 2 is 2.17 bits per heavy atom. The Bertz CT molecular complexity index is 432. The monoisotopic (exact) mass is 268 g/mol. The Morgan fingerprint density at radius 3 is 2.83 bits per heavy atom. The minimum Gasteiger partial charge on any atom is -0.398 e. The van der Waals surface area contributed by atoms with Crippen molar-refractivity contribution in [1.82, 2.24) is 0 Å². The summed E-state index contributed by atoms with van der Waals surface area (Å²) >= 11 is 0. The first-order chi connectivity index (χ1) is 8.09. The third-order valence-corrected chi connectivity index (χ3v) is 3.17. The Balaban J connectivity index is 0.00000162. The van der Waals surface area contributed by atoms with E-state index in [9.17, 15) is 4.79 Å². The van der Waals surface area contributed by atoms with E-state index in [0.29, 0.717) is 12.3 Å². The maximum atomic E-state index is 12.2. The lowest BCUT2D eigenvalue weighted by Gasteiger charge is -2.30. The van der Waals surface area contributed by atoms with Gasteiger partial charge in [0.1, 0.15) is 0 Å². The number of halogens is 1. The minimum atomic E-state index is 0. The summed E-state index contributed by atoms with van der Waals surface area (Å²) in [7, 11) is 0. The number of nitrogen functional groups attached to an aromatic ring is 1. The van der Waals surface area contributed by atoms with Crippen LogP contribution in [0.1, 0.15) is 32.3 Å². The van der Waals surface area contributed by atoms with Crippen LogP contribution in [0.4, 0.5) is 11.4 Å². The normalized spacial score (nSPS) is 14.1. The SMILES string of the molecule is CC(C)CC(=O)N1CCCc2c(N)cccc21.Cl. The molecule has 0 bridgehead atoms. The van der Waals surface area contributed by atoms with Gasteiger partial charge in [0.15, 0.2) is 0 Å². The Labute approximate surface area is 115 Å². The van der Waals surface area contributed by atoms with Crippen molar-refractivity contribution in [3.05, 3.63) is 23.8 Å². The van der Waals surface area contributed by atoms with E-state index >= 15 is 0 Å². The van der Waals surface area contributed by atoms with E-state index in [0.717, 1.165) is 36.3 Å². The molecule has 100 valence electrons. The number of hydrogen-bond donors (Lipinski definition) is 1. The molecule has 1 aromatic rings. The van der Waals surface area contributed by atoms with Gasteiger partial charge in [-0.15, -0.1) is 12.4 Å². The lowest BCUT2D eigenvalue weighted by molar-refractivity contribution is -0.119. The number of rotatable bonds is 2. The molecule has 2 N–H and O–H groups in total. The molecule has 4 heteroatoms. The highest BCUT2D eigenvalue weighted by Crippen LogP contribution is 2.31. The average molecular weight is 269 g/mol. The topological polar surface area (TPSA) is 46.3 Å². The van der Waals surface area contributed by atoms with Crippen LogP contribution in [0.25, 0.3) is 0 Å². The van der Waals surface area contributed by atoms with Crippen molar-refractivity contribution in [3.63, 3.8) is 0 Å². The summed E-state index contributed by atoms with van der Waals surface area (Å²) in [5.41, 5.74) is 8.93. The molecular formula is C14H21ClN2O. The van der Waals surface area contributed by atoms with Gasteiger partial charge in [0.05, 0.1) is 0 Å². The Morgan fingerprint density at radius 1 is 1.44 bits per heavy atom. The molecule has 0 spiro atoms. The minimum absolute atomic E-state index is 0. The van der Waals surface area contributed by atoms with Crippen LogP contribution in [0, 0.1) is 5.92 Å². The van der Waals surface area contributed by atoms with Crippen molar-refractivity contribution in [3.8, 4) is 0 Å². The van der Waals surface area contributed by atoms with Gasteiger partial charge in [-0.2, -0.15) is 0 Å². The van der Waals surface area contributed by atoms with Crippen LogP contribution in [-0.4, -0.2) is 12.5 Å². The van der Waals surface area contributed by atoms with Crippen molar-refractivity contribution in [2.24, 2.45) is 5.92 Å². The predicted octanol–water partition coefficient (Wildman–Crippen LogP) is 3.02. The molecule has 0 aromatic heterocycles. The predicted molar refractivity (Wildman–Crippen MR) is 78.2 cm³/mol. The fraction of sp³-hybridized carbons (Fsp3) is 0.500. The number of hydrogen-bond acceptors (Lipinski definition) is 2. The van der Waals surface area contributed by atoms with Crippen molar-refractivity contribution in [2.75, 3.05) is 17.2 Å². The number of carbonyl (C=O) groups excluding carboxylic acids is 1. The van der Waals surface area contributed by atoms with Gasteiger partial charge in [-0.3, -0.25) is 4.79 Å². The molecule has 0 atom stereocenters. The van der Waals surface area contributed by atoms with E-state index in [-0.39, 0.29) is 18.3 Å². The van der Waals surface area contributed by atoms with Gasteiger partial charge >= 0.3 is 0 Å². The molecule has 3 nitrogen and oxygen atoms in total. The number of carbonyl (C=O) groups is 1. The van der Waals surface area contributed by atoms with E-state index in [4.69, 9.17) is 5.73 Å². The lowest BCUT2D eigenvalue weighted by Crippen LogP contribution is -2.36. The first kappa shape index (κ1) is 14.8. The highest BCUT2D eigenvalue weighted by Gasteiger charge is 2.23. The number of nitrogens with two attached hydrogens (primary N) is 1. The highest BCUT2D eigenvalue weighted by atomic mass is 35.5. The van der Waals surface area contributed by atoms with Crippen molar-refractivity contribution in [2.45, 2.75) is 33.1 Å². The molecule has 0 saturated heterocycles. The number of amides is 1. The molecule has 1 heterocycles. The number of benzene rings is 1. The van der Waals surface area contributed by atoms with Crippen molar-refractivity contribution < 1.29 is 4.79 Å². The van der Waals surface area contributed by atoms with E-state index in [1.54, 1.807) is 0 Å². The molecule has 18 heavy (non-hydrogen) atoms. The molecule has 1 aromatic carbocycles. The molecule has 0 saturated carbocycles. The van der Waals surface area contributed by atoms with Gasteiger partial charge in [0, 0.05) is 24.3 Å². The molecule has 0 radical (unpaired) electrons. The van der Waals surface area contributed by atoms with Crippen LogP contribution in [0.2, 0.25) is 0 Å². The summed E-state index contributed by atoms with van der Waals surface area (Å²) in [5, 5.41) is 0. The fourth-order valence-electron chi connectivity index (χ4n) is 2.37. The zero-order valence-corrected chi connectivity index (χ0v) is 11.8. The quantitative estimate of drug-likeness (QED) is 0.838. The Hall–Kier alpha value is -1.22. The van der Waals surface area contributed by atoms with E-state index in [2.05, 4.69) is 13.8 Å². The van der Waals surface area contributed by atoms with Crippen LogP contribution in [0.3, 0.4) is 0 Å². The number of fused-ring (bicyclic) bond motifs is 1. The first-order valence-corrected chi connectivity index (χ1v) is 6.27. The maximum absolute atomic E-state index is 12.2. The molecule has 2 rings (SSSR count). The lowest BCUT2D eigenvalue weighted by atomic mass is 9.99. The van der Waals surface area contributed by atoms with Crippen LogP contribution >= 0.6 is 12.4 Å². The second kappa shape index (κ2) is 6.10. The molecule has 1 aliphatic heterocycles. The summed E-state index contributed by atoms with van der Waals surface area (Å²) in [5.74, 6) is 0.612. The van der Waals surface area contributed by atoms with Gasteiger partial charge in [0.2, 0.25) is 5.91 Å². The molecule has 0 unspecified atom stereocenters. The second-order valence-corrected chi connectivity index (χ2v) is 5.09. The third-order valence-electron chi connectivity index (χ3n) is 3.17. The zero-order chi connectivity index (χ0) is 12.4. The summed E-state index contributed by atoms with van der Waals surface area (Å²) < 4.78 is 0. The average Bonchev–Trinajstić information content (AvgIpc) is 2.28. The maximum Gasteiger partial charge on any atom is 0.227 e. The van der Waals surface area contributed by atoms with Crippen LogP contribution in [0.15, 0.2) is 18.2 Å². The highest BCUT2D eigenvalue weighted by molar-refractivity contribution is 5.95. The molecule has 1 amide bonds. The number of anilines is 2. The zero-order valence-electron chi connectivity index (χ0n) is 11.0. The first-order valence-electron chi connectivity index (χ1n) is 6.27. The van der Waals surface area contributed by atoms with Gasteiger partial charge in [-0.1, -0.05) is 19.9 Å². The summed E-state index contributed by atoms with van der Waals surface area (Å²) in [6.45, 7) is 4.96. The molecule has 0 aliphatic carbocycles. The fourth-order valence-corrected chi connectivity index (χ4v) is 2.37. The Kier molecular flexibility index (Phi) is 5.03. The summed E-state index contributed by atoms with van der Waals surface area (Å²) in [4.78, 5) is 14.1. The summed E-state index contributed by atoms with van der Waals surface area (Å²) in [6, 6.07) is 5.84. The van der Waals surface area contributed by atoms with Gasteiger partial charge < -0.3 is 10.6 Å². The van der Waals surface area contributed by atoms with Crippen molar-refractivity contribution >= 4 is 29.7 Å².